The lowest BCUT2D eigenvalue weighted by molar-refractivity contribution is -0.145. The summed E-state index contributed by atoms with van der Waals surface area (Å²) in [4.78, 5) is 36.4. The number of amides is 2. The van der Waals surface area contributed by atoms with Gasteiger partial charge in [-0.15, -0.1) is 0 Å². The molecule has 0 unspecified atom stereocenters. The van der Waals surface area contributed by atoms with E-state index in [0.717, 1.165) is 0 Å². The van der Waals surface area contributed by atoms with E-state index in [2.05, 4.69) is 10.1 Å². The van der Waals surface area contributed by atoms with Crippen molar-refractivity contribution in [2.45, 2.75) is 44.9 Å². The van der Waals surface area contributed by atoms with Crippen LogP contribution in [0.3, 0.4) is 0 Å². The van der Waals surface area contributed by atoms with Crippen LogP contribution in [0.25, 0.3) is 0 Å². The average molecular weight is 302 g/mol. The lowest BCUT2D eigenvalue weighted by Crippen LogP contribution is -2.44. The summed E-state index contributed by atoms with van der Waals surface area (Å²) in [5.74, 6) is -0.546. The van der Waals surface area contributed by atoms with Crippen molar-refractivity contribution >= 4 is 18.2 Å². The molecule has 8 nitrogen and oxygen atoms in total. The molecule has 8 heteroatoms. The molecule has 2 atom stereocenters. The van der Waals surface area contributed by atoms with Crippen LogP contribution in [0.2, 0.25) is 0 Å². The molecule has 1 saturated heterocycles. The second-order valence-electron chi connectivity index (χ2n) is 5.74. The van der Waals surface area contributed by atoms with E-state index >= 15 is 0 Å². The maximum atomic E-state index is 12.1. The fourth-order valence-corrected chi connectivity index (χ4v) is 2.05. The van der Waals surface area contributed by atoms with Crippen molar-refractivity contribution < 1.29 is 28.6 Å². The van der Waals surface area contributed by atoms with Crippen LogP contribution in [0.1, 0.15) is 27.2 Å². The van der Waals surface area contributed by atoms with Gasteiger partial charge in [-0.25, -0.2) is 14.4 Å². The first kappa shape index (κ1) is 17.1. The number of carbonyl (C=O) groups is 3. The van der Waals surface area contributed by atoms with E-state index in [-0.39, 0.29) is 13.0 Å². The van der Waals surface area contributed by atoms with Gasteiger partial charge in [0.15, 0.2) is 0 Å². The summed E-state index contributed by atoms with van der Waals surface area (Å²) in [5, 5.41) is 2.57. The Morgan fingerprint density at radius 2 is 1.76 bits per heavy atom. The quantitative estimate of drug-likeness (QED) is 0.601. The molecule has 1 rings (SSSR count). The second-order valence-corrected chi connectivity index (χ2v) is 5.74. The van der Waals surface area contributed by atoms with Gasteiger partial charge < -0.3 is 19.5 Å². The van der Waals surface area contributed by atoms with Crippen molar-refractivity contribution in [2.75, 3.05) is 20.8 Å². The SMILES string of the molecule is COC(=O)N[C@@H]1C[C@@H](C(=O)OC)N(C(=O)OC(C)(C)C)C1. The molecule has 0 aromatic rings. The van der Waals surface area contributed by atoms with E-state index in [1.807, 2.05) is 0 Å². The van der Waals surface area contributed by atoms with Crippen molar-refractivity contribution in [2.24, 2.45) is 0 Å². The highest BCUT2D eigenvalue weighted by Crippen LogP contribution is 2.22. The van der Waals surface area contributed by atoms with E-state index in [0.29, 0.717) is 0 Å². The van der Waals surface area contributed by atoms with Crippen LogP contribution in [0.15, 0.2) is 0 Å². The average Bonchev–Trinajstić information content (AvgIpc) is 2.79. The Kier molecular flexibility index (Phi) is 5.40. The predicted octanol–water partition coefficient (Wildman–Crippen LogP) is 0.893. The van der Waals surface area contributed by atoms with Gasteiger partial charge in [0.05, 0.1) is 20.3 Å². The first-order chi connectivity index (χ1) is 9.67. The maximum Gasteiger partial charge on any atom is 0.411 e. The number of hydrogen-bond acceptors (Lipinski definition) is 6. The van der Waals surface area contributed by atoms with E-state index < -0.39 is 35.8 Å². The molecule has 0 aromatic heterocycles. The van der Waals surface area contributed by atoms with Crippen molar-refractivity contribution in [1.82, 2.24) is 10.2 Å². The highest BCUT2D eigenvalue weighted by atomic mass is 16.6. The number of nitrogens with zero attached hydrogens (tertiary/aromatic N) is 1. The number of ether oxygens (including phenoxy) is 3. The fourth-order valence-electron chi connectivity index (χ4n) is 2.05. The summed E-state index contributed by atoms with van der Waals surface area (Å²) >= 11 is 0. The third kappa shape index (κ3) is 4.80. The topological polar surface area (TPSA) is 94.2 Å². The highest BCUT2D eigenvalue weighted by molar-refractivity contribution is 5.82. The van der Waals surface area contributed by atoms with Crippen molar-refractivity contribution in [3.8, 4) is 0 Å². The van der Waals surface area contributed by atoms with Gasteiger partial charge in [-0.1, -0.05) is 0 Å². The summed E-state index contributed by atoms with van der Waals surface area (Å²) in [6, 6.07) is -1.18. The van der Waals surface area contributed by atoms with Crippen LogP contribution in [-0.2, 0) is 19.0 Å². The molecule has 21 heavy (non-hydrogen) atoms. The lowest BCUT2D eigenvalue weighted by atomic mass is 10.2. The van der Waals surface area contributed by atoms with Crippen LogP contribution >= 0.6 is 0 Å². The largest absolute Gasteiger partial charge is 0.467 e. The molecule has 0 aliphatic carbocycles. The van der Waals surface area contributed by atoms with Crippen LogP contribution in [-0.4, -0.2) is 61.5 Å². The molecule has 1 fully saturated rings. The van der Waals surface area contributed by atoms with Gasteiger partial charge >= 0.3 is 18.2 Å². The molecule has 1 heterocycles. The molecule has 0 spiro atoms. The van der Waals surface area contributed by atoms with E-state index in [4.69, 9.17) is 9.47 Å². The Bertz CT molecular complexity index is 417. The standard InChI is InChI=1S/C13H22N2O6/c1-13(2,3)21-12(18)15-7-8(14-11(17)20-5)6-9(15)10(16)19-4/h8-9H,6-7H2,1-5H3,(H,14,17)/t8-,9+/m1/s1. The van der Waals surface area contributed by atoms with Gasteiger partial charge in [0.25, 0.3) is 0 Å². The van der Waals surface area contributed by atoms with E-state index in [9.17, 15) is 14.4 Å². The van der Waals surface area contributed by atoms with Crippen molar-refractivity contribution in [3.63, 3.8) is 0 Å². The maximum absolute atomic E-state index is 12.1. The molecule has 1 N–H and O–H groups in total. The number of carbonyl (C=O) groups excluding carboxylic acids is 3. The molecule has 0 bridgehead atoms. The summed E-state index contributed by atoms with van der Waals surface area (Å²) in [6.07, 6.45) is -0.984. The smallest absolute Gasteiger partial charge is 0.411 e. The molecule has 1 aliphatic rings. The van der Waals surface area contributed by atoms with Gasteiger partial charge in [-0.3, -0.25) is 4.90 Å². The van der Waals surface area contributed by atoms with Gasteiger partial charge in [0.2, 0.25) is 0 Å². The van der Waals surface area contributed by atoms with Gasteiger partial charge in [0, 0.05) is 13.0 Å². The molecule has 0 radical (unpaired) electrons. The third-order valence-electron chi connectivity index (χ3n) is 2.91. The molecule has 1 aliphatic heterocycles. The van der Waals surface area contributed by atoms with Crippen LogP contribution in [0, 0.1) is 0 Å². The molecular weight excluding hydrogens is 280 g/mol. The van der Waals surface area contributed by atoms with Crippen LogP contribution in [0.5, 0.6) is 0 Å². The Morgan fingerprint density at radius 1 is 1.14 bits per heavy atom. The second kappa shape index (κ2) is 6.64. The molecule has 0 aromatic carbocycles. The summed E-state index contributed by atoms with van der Waals surface area (Å²) in [5.41, 5.74) is -0.675. The Labute approximate surface area is 123 Å². The zero-order valence-electron chi connectivity index (χ0n) is 13.0. The minimum atomic E-state index is -0.785. The normalized spacial score (nSPS) is 21.7. The number of nitrogens with one attached hydrogen (secondary N) is 1. The Balaban J connectivity index is 2.80. The first-order valence-corrected chi connectivity index (χ1v) is 6.60. The number of alkyl carbamates (subject to hydrolysis) is 1. The van der Waals surface area contributed by atoms with Crippen LogP contribution in [0.4, 0.5) is 9.59 Å². The van der Waals surface area contributed by atoms with Gasteiger partial charge in [-0.2, -0.15) is 0 Å². The molecule has 2 amide bonds. The number of methoxy groups -OCH3 is 2. The molecular formula is C13H22N2O6. The first-order valence-electron chi connectivity index (χ1n) is 6.60. The fraction of sp³-hybridized carbons (Fsp3) is 0.769. The summed E-state index contributed by atoms with van der Waals surface area (Å²) in [7, 11) is 2.49. The number of hydrogen-bond donors (Lipinski definition) is 1. The van der Waals surface area contributed by atoms with Crippen molar-refractivity contribution in [1.29, 1.82) is 0 Å². The molecule has 0 saturated carbocycles. The number of likely N-dealkylation sites (tertiary alicyclic amines) is 1. The summed E-state index contributed by atoms with van der Waals surface area (Å²) in [6.45, 7) is 5.36. The minimum absolute atomic E-state index is 0.157. The Morgan fingerprint density at radius 3 is 2.24 bits per heavy atom. The van der Waals surface area contributed by atoms with E-state index in [1.165, 1.54) is 19.1 Å². The zero-order valence-corrected chi connectivity index (χ0v) is 13.0. The highest BCUT2D eigenvalue weighted by Gasteiger charge is 2.42. The predicted molar refractivity (Wildman–Crippen MR) is 72.7 cm³/mol. The molecule has 120 valence electrons. The monoisotopic (exact) mass is 302 g/mol. The van der Waals surface area contributed by atoms with Crippen LogP contribution < -0.4 is 5.32 Å². The van der Waals surface area contributed by atoms with Gasteiger partial charge in [-0.05, 0) is 20.8 Å². The van der Waals surface area contributed by atoms with Crippen molar-refractivity contribution in [3.05, 3.63) is 0 Å². The van der Waals surface area contributed by atoms with E-state index in [1.54, 1.807) is 20.8 Å². The number of esters is 1. The number of rotatable bonds is 2. The Hall–Kier alpha value is -1.99. The minimum Gasteiger partial charge on any atom is -0.467 e. The third-order valence-corrected chi connectivity index (χ3v) is 2.91. The lowest BCUT2D eigenvalue weighted by Gasteiger charge is -2.27. The summed E-state index contributed by atoms with van der Waals surface area (Å²) < 4.78 is 14.5. The van der Waals surface area contributed by atoms with Gasteiger partial charge in [0.1, 0.15) is 11.6 Å². The zero-order chi connectivity index (χ0) is 16.2.